The molecule has 19 heavy (non-hydrogen) atoms. The molecule has 1 aliphatic heterocycles. The molecule has 0 aliphatic carbocycles. The van der Waals surface area contributed by atoms with E-state index >= 15 is 0 Å². The first-order valence-electron chi connectivity index (χ1n) is 7.03. The van der Waals surface area contributed by atoms with Crippen LogP contribution in [0.4, 0.5) is 0 Å². The summed E-state index contributed by atoms with van der Waals surface area (Å²) in [5.74, 6) is 0.682. The maximum atomic E-state index is 12.0. The second kappa shape index (κ2) is 6.06. The third kappa shape index (κ3) is 3.57. The first-order valence-corrected chi connectivity index (χ1v) is 8.58. The predicted molar refractivity (Wildman–Crippen MR) is 78.1 cm³/mol. The van der Waals surface area contributed by atoms with Gasteiger partial charge in [0, 0.05) is 0 Å². The summed E-state index contributed by atoms with van der Waals surface area (Å²) >= 11 is 0. The molecule has 0 radical (unpaired) electrons. The van der Waals surface area contributed by atoms with Gasteiger partial charge in [-0.05, 0) is 69.8 Å². The van der Waals surface area contributed by atoms with Crippen LogP contribution in [0.15, 0.2) is 29.2 Å². The molecule has 3 nitrogen and oxygen atoms in total. The molecule has 1 atom stereocenters. The number of hydrogen-bond donors (Lipinski definition) is 1. The van der Waals surface area contributed by atoms with Crippen molar-refractivity contribution in [2.24, 2.45) is 5.92 Å². The van der Waals surface area contributed by atoms with E-state index in [1.54, 1.807) is 26.0 Å². The Labute approximate surface area is 116 Å². The van der Waals surface area contributed by atoms with E-state index in [4.69, 9.17) is 0 Å². The lowest BCUT2D eigenvalue weighted by molar-refractivity contribution is 0.376. The fourth-order valence-corrected chi connectivity index (χ4v) is 3.58. The fourth-order valence-electron chi connectivity index (χ4n) is 2.52. The van der Waals surface area contributed by atoms with Crippen LogP contribution >= 0.6 is 0 Å². The second-order valence-electron chi connectivity index (χ2n) is 5.65. The third-order valence-corrected chi connectivity index (χ3v) is 5.97. The highest BCUT2D eigenvalue weighted by Gasteiger charge is 2.19. The number of rotatable bonds is 4. The zero-order valence-electron chi connectivity index (χ0n) is 11.7. The van der Waals surface area contributed by atoms with Crippen LogP contribution in [-0.2, 0) is 16.3 Å². The highest BCUT2D eigenvalue weighted by molar-refractivity contribution is 7.92. The second-order valence-corrected chi connectivity index (χ2v) is 8.16. The van der Waals surface area contributed by atoms with Crippen molar-refractivity contribution in [2.75, 3.05) is 13.1 Å². The normalized spacial score (nSPS) is 20.7. The molecule has 1 aliphatic rings. The number of benzene rings is 1. The molecule has 106 valence electrons. The lowest BCUT2D eigenvalue weighted by atomic mass is 9.92. The molecular formula is C15H23NO2S. The predicted octanol–water partition coefficient (Wildman–Crippen LogP) is 2.41. The van der Waals surface area contributed by atoms with E-state index in [0.717, 1.165) is 19.5 Å². The Morgan fingerprint density at radius 3 is 2.47 bits per heavy atom. The molecule has 1 aromatic rings. The molecule has 0 saturated carbocycles. The molecule has 0 amide bonds. The Morgan fingerprint density at radius 1 is 1.26 bits per heavy atom. The lowest BCUT2D eigenvalue weighted by Gasteiger charge is -2.22. The van der Waals surface area contributed by atoms with Gasteiger partial charge in [-0.3, -0.25) is 0 Å². The third-order valence-electron chi connectivity index (χ3n) is 3.80. The summed E-state index contributed by atoms with van der Waals surface area (Å²) in [6.45, 7) is 5.64. The van der Waals surface area contributed by atoms with Crippen molar-refractivity contribution in [3.63, 3.8) is 0 Å². The minimum Gasteiger partial charge on any atom is -0.316 e. The van der Waals surface area contributed by atoms with Crippen LogP contribution in [0.25, 0.3) is 0 Å². The zero-order valence-corrected chi connectivity index (χ0v) is 12.5. The quantitative estimate of drug-likeness (QED) is 0.922. The van der Waals surface area contributed by atoms with Gasteiger partial charge in [0.05, 0.1) is 10.1 Å². The van der Waals surface area contributed by atoms with E-state index in [-0.39, 0.29) is 5.25 Å². The molecule has 0 aromatic heterocycles. The molecule has 1 N–H and O–H groups in total. The number of nitrogens with one attached hydrogen (secondary N) is 1. The monoisotopic (exact) mass is 281 g/mol. The average Bonchev–Trinajstić information content (AvgIpc) is 2.40. The standard InChI is InChI=1S/C15H23NO2S/c1-12(2)19(17,18)15-7-5-13(6-8-15)10-14-4-3-9-16-11-14/h5-8,12,14,16H,3-4,9-11H2,1-2H3. The van der Waals surface area contributed by atoms with Gasteiger partial charge in [-0.1, -0.05) is 12.1 Å². The van der Waals surface area contributed by atoms with Gasteiger partial charge in [-0.2, -0.15) is 0 Å². The molecule has 1 unspecified atom stereocenters. The molecular weight excluding hydrogens is 258 g/mol. The fraction of sp³-hybridized carbons (Fsp3) is 0.600. The van der Waals surface area contributed by atoms with Gasteiger partial charge >= 0.3 is 0 Å². The topological polar surface area (TPSA) is 46.2 Å². The first kappa shape index (κ1) is 14.5. The largest absolute Gasteiger partial charge is 0.316 e. The van der Waals surface area contributed by atoms with Gasteiger partial charge in [-0.15, -0.1) is 0 Å². The van der Waals surface area contributed by atoms with Crippen molar-refractivity contribution in [2.45, 2.75) is 43.3 Å². The van der Waals surface area contributed by atoms with Crippen LogP contribution in [0.1, 0.15) is 32.3 Å². The summed E-state index contributed by atoms with van der Waals surface area (Å²) in [4.78, 5) is 0.438. The Kier molecular flexibility index (Phi) is 4.63. The smallest absolute Gasteiger partial charge is 0.180 e. The van der Waals surface area contributed by atoms with E-state index in [1.165, 1.54) is 18.4 Å². The average molecular weight is 281 g/mol. The van der Waals surface area contributed by atoms with Crippen molar-refractivity contribution >= 4 is 9.84 Å². The summed E-state index contributed by atoms with van der Waals surface area (Å²) in [5.41, 5.74) is 1.23. The van der Waals surface area contributed by atoms with Crippen molar-refractivity contribution in [3.05, 3.63) is 29.8 Å². The summed E-state index contributed by atoms with van der Waals surface area (Å²) in [6, 6.07) is 7.43. The maximum Gasteiger partial charge on any atom is 0.180 e. The number of piperidine rings is 1. The molecule has 1 heterocycles. The van der Waals surface area contributed by atoms with Crippen LogP contribution in [0.5, 0.6) is 0 Å². The van der Waals surface area contributed by atoms with E-state index in [0.29, 0.717) is 10.8 Å². The number of hydrogen-bond acceptors (Lipinski definition) is 3. The Hall–Kier alpha value is -0.870. The Morgan fingerprint density at radius 2 is 1.95 bits per heavy atom. The van der Waals surface area contributed by atoms with Crippen molar-refractivity contribution in [3.8, 4) is 0 Å². The van der Waals surface area contributed by atoms with Crippen molar-refractivity contribution in [1.29, 1.82) is 0 Å². The first-order chi connectivity index (χ1) is 9.00. The molecule has 1 aromatic carbocycles. The zero-order chi connectivity index (χ0) is 13.9. The van der Waals surface area contributed by atoms with Gasteiger partial charge in [0.25, 0.3) is 0 Å². The van der Waals surface area contributed by atoms with Gasteiger partial charge in [0.15, 0.2) is 9.84 Å². The summed E-state index contributed by atoms with van der Waals surface area (Å²) < 4.78 is 24.0. The van der Waals surface area contributed by atoms with E-state index in [1.807, 2.05) is 12.1 Å². The molecule has 4 heteroatoms. The minimum atomic E-state index is -3.14. The van der Waals surface area contributed by atoms with Gasteiger partial charge in [0.2, 0.25) is 0 Å². The lowest BCUT2D eigenvalue weighted by Crippen LogP contribution is -2.30. The summed E-state index contributed by atoms with van der Waals surface area (Å²) in [7, 11) is -3.14. The van der Waals surface area contributed by atoms with Crippen LogP contribution < -0.4 is 5.32 Å². The van der Waals surface area contributed by atoms with Crippen LogP contribution in [-0.4, -0.2) is 26.8 Å². The molecule has 0 bridgehead atoms. The number of sulfone groups is 1. The summed E-state index contributed by atoms with van der Waals surface area (Å²) in [6.07, 6.45) is 3.54. The van der Waals surface area contributed by atoms with Crippen LogP contribution in [0.2, 0.25) is 0 Å². The SMILES string of the molecule is CC(C)S(=O)(=O)c1ccc(CC2CCCNC2)cc1. The molecule has 1 fully saturated rings. The van der Waals surface area contributed by atoms with Gasteiger partial charge in [-0.25, -0.2) is 8.42 Å². The van der Waals surface area contributed by atoms with E-state index in [2.05, 4.69) is 5.32 Å². The van der Waals surface area contributed by atoms with Gasteiger partial charge < -0.3 is 5.32 Å². The van der Waals surface area contributed by atoms with Crippen molar-refractivity contribution < 1.29 is 8.42 Å². The molecule has 0 spiro atoms. The van der Waals surface area contributed by atoms with Gasteiger partial charge in [0.1, 0.15) is 0 Å². The maximum absolute atomic E-state index is 12.0. The Balaban J connectivity index is 2.06. The summed E-state index contributed by atoms with van der Waals surface area (Å²) in [5, 5.41) is 3.05. The molecule has 2 rings (SSSR count). The Bertz CT molecular complexity index is 499. The highest BCUT2D eigenvalue weighted by Crippen LogP contribution is 2.20. The highest BCUT2D eigenvalue weighted by atomic mass is 32.2. The van der Waals surface area contributed by atoms with E-state index in [9.17, 15) is 8.42 Å². The van der Waals surface area contributed by atoms with Crippen LogP contribution in [0, 0.1) is 5.92 Å². The minimum absolute atomic E-state index is 0.360. The van der Waals surface area contributed by atoms with Crippen LogP contribution in [0.3, 0.4) is 0 Å². The molecule has 1 saturated heterocycles. The van der Waals surface area contributed by atoms with E-state index < -0.39 is 9.84 Å². The van der Waals surface area contributed by atoms with Crippen molar-refractivity contribution in [1.82, 2.24) is 5.32 Å².